The van der Waals surface area contributed by atoms with Gasteiger partial charge in [0.1, 0.15) is 5.75 Å². The fourth-order valence-corrected chi connectivity index (χ4v) is 1.64. The summed E-state index contributed by atoms with van der Waals surface area (Å²) in [7, 11) is 0. The minimum absolute atomic E-state index is 0.804. The molecule has 0 bridgehead atoms. The summed E-state index contributed by atoms with van der Waals surface area (Å²) >= 11 is 0. The molecule has 1 aliphatic heterocycles. The zero-order valence-electron chi connectivity index (χ0n) is 7.97. The van der Waals surface area contributed by atoms with Crippen LogP contribution in [0, 0.1) is 0 Å². The lowest BCUT2D eigenvalue weighted by Crippen LogP contribution is -1.99. The molecule has 0 saturated carbocycles. The first-order valence-electron chi connectivity index (χ1n) is 4.90. The quantitative estimate of drug-likeness (QED) is 0.765. The molecule has 0 aromatic heterocycles. The van der Waals surface area contributed by atoms with Gasteiger partial charge in [-0.15, -0.1) is 0 Å². The van der Waals surface area contributed by atoms with Crippen LogP contribution in [-0.2, 0) is 6.42 Å². The summed E-state index contributed by atoms with van der Waals surface area (Å²) in [5.41, 5.74) is 2.59. The van der Waals surface area contributed by atoms with Gasteiger partial charge in [0.05, 0.1) is 12.3 Å². The molecule has 1 heterocycles. The van der Waals surface area contributed by atoms with Gasteiger partial charge < -0.3 is 10.1 Å². The summed E-state index contributed by atoms with van der Waals surface area (Å²) in [5.74, 6) is 1.01. The fraction of sp³-hybridized carbons (Fsp3) is 0.455. The van der Waals surface area contributed by atoms with E-state index >= 15 is 0 Å². The Labute approximate surface area is 78.9 Å². The van der Waals surface area contributed by atoms with Crippen molar-refractivity contribution in [1.29, 1.82) is 0 Å². The topological polar surface area (TPSA) is 21.3 Å². The van der Waals surface area contributed by atoms with E-state index in [1.165, 1.54) is 11.3 Å². The standard InChI is InChI=1S/C11H15NO/c1-2-8-13-10-5-3-4-9-6-7-12-11(9)10/h3-5,12H,2,6-8H2,1H3. The number of anilines is 1. The molecule has 0 aliphatic carbocycles. The summed E-state index contributed by atoms with van der Waals surface area (Å²) in [6, 6.07) is 6.26. The molecule has 0 spiro atoms. The van der Waals surface area contributed by atoms with E-state index < -0.39 is 0 Å². The van der Waals surface area contributed by atoms with E-state index in [1.54, 1.807) is 0 Å². The molecule has 1 N–H and O–H groups in total. The lowest BCUT2D eigenvalue weighted by molar-refractivity contribution is 0.319. The predicted molar refractivity (Wildman–Crippen MR) is 54.4 cm³/mol. The summed E-state index contributed by atoms with van der Waals surface area (Å²) < 4.78 is 5.64. The highest BCUT2D eigenvalue weighted by Gasteiger charge is 2.13. The number of hydrogen-bond donors (Lipinski definition) is 1. The highest BCUT2D eigenvalue weighted by molar-refractivity contribution is 5.65. The molecular weight excluding hydrogens is 162 g/mol. The molecule has 0 saturated heterocycles. The number of benzene rings is 1. The average molecular weight is 177 g/mol. The van der Waals surface area contributed by atoms with Gasteiger partial charge in [0, 0.05) is 6.54 Å². The van der Waals surface area contributed by atoms with E-state index in [0.717, 1.165) is 31.7 Å². The summed E-state index contributed by atoms with van der Waals surface area (Å²) in [6.45, 7) is 3.97. The maximum atomic E-state index is 5.64. The highest BCUT2D eigenvalue weighted by atomic mass is 16.5. The number of nitrogens with one attached hydrogen (secondary N) is 1. The zero-order valence-corrected chi connectivity index (χ0v) is 7.97. The van der Waals surface area contributed by atoms with Gasteiger partial charge in [-0.1, -0.05) is 19.1 Å². The van der Waals surface area contributed by atoms with Gasteiger partial charge in [-0.05, 0) is 24.5 Å². The second-order valence-corrected chi connectivity index (χ2v) is 3.32. The SMILES string of the molecule is CCCOc1cccc2c1NCC2. The Morgan fingerprint density at radius 1 is 1.46 bits per heavy atom. The van der Waals surface area contributed by atoms with Crippen LogP contribution in [0.25, 0.3) is 0 Å². The van der Waals surface area contributed by atoms with Gasteiger partial charge >= 0.3 is 0 Å². The highest BCUT2D eigenvalue weighted by Crippen LogP contribution is 2.32. The van der Waals surface area contributed by atoms with Gasteiger partial charge in [-0.25, -0.2) is 0 Å². The Morgan fingerprint density at radius 2 is 2.38 bits per heavy atom. The van der Waals surface area contributed by atoms with Crippen LogP contribution in [0.4, 0.5) is 5.69 Å². The molecule has 2 heteroatoms. The number of rotatable bonds is 3. The Kier molecular flexibility index (Phi) is 2.39. The largest absolute Gasteiger partial charge is 0.491 e. The van der Waals surface area contributed by atoms with Crippen LogP contribution < -0.4 is 10.1 Å². The molecule has 0 fully saturated rings. The van der Waals surface area contributed by atoms with Crippen LogP contribution in [-0.4, -0.2) is 13.2 Å². The van der Waals surface area contributed by atoms with Crippen molar-refractivity contribution in [2.45, 2.75) is 19.8 Å². The number of ether oxygens (including phenoxy) is 1. The van der Waals surface area contributed by atoms with Crippen molar-refractivity contribution < 1.29 is 4.74 Å². The Morgan fingerprint density at radius 3 is 3.23 bits per heavy atom. The summed E-state index contributed by atoms with van der Waals surface area (Å²) in [4.78, 5) is 0. The molecule has 0 unspecified atom stereocenters. The maximum Gasteiger partial charge on any atom is 0.142 e. The summed E-state index contributed by atoms with van der Waals surface area (Å²) in [6.07, 6.45) is 2.18. The molecule has 0 amide bonds. The van der Waals surface area contributed by atoms with Crippen LogP contribution in [0.15, 0.2) is 18.2 Å². The molecule has 13 heavy (non-hydrogen) atoms. The maximum absolute atomic E-state index is 5.64. The normalized spacial score (nSPS) is 13.6. The molecule has 0 radical (unpaired) electrons. The van der Waals surface area contributed by atoms with Gasteiger partial charge in [-0.2, -0.15) is 0 Å². The molecule has 2 rings (SSSR count). The fourth-order valence-electron chi connectivity index (χ4n) is 1.64. The number of para-hydroxylation sites is 1. The Bertz CT molecular complexity index is 296. The lowest BCUT2D eigenvalue weighted by atomic mass is 10.1. The first kappa shape index (κ1) is 8.42. The van der Waals surface area contributed by atoms with Gasteiger partial charge in [0.25, 0.3) is 0 Å². The van der Waals surface area contributed by atoms with E-state index in [-0.39, 0.29) is 0 Å². The van der Waals surface area contributed by atoms with Crippen LogP contribution in [0.5, 0.6) is 5.75 Å². The smallest absolute Gasteiger partial charge is 0.142 e. The molecular formula is C11H15NO. The second-order valence-electron chi connectivity index (χ2n) is 3.32. The third-order valence-corrected chi connectivity index (χ3v) is 2.27. The molecule has 1 aliphatic rings. The number of fused-ring (bicyclic) bond motifs is 1. The van der Waals surface area contributed by atoms with E-state index in [4.69, 9.17) is 4.74 Å². The first-order valence-corrected chi connectivity index (χ1v) is 4.90. The van der Waals surface area contributed by atoms with Crippen molar-refractivity contribution in [1.82, 2.24) is 0 Å². The monoisotopic (exact) mass is 177 g/mol. The molecule has 2 nitrogen and oxygen atoms in total. The molecule has 1 aromatic carbocycles. The third kappa shape index (κ3) is 1.62. The van der Waals surface area contributed by atoms with Crippen LogP contribution in [0.3, 0.4) is 0 Å². The van der Waals surface area contributed by atoms with Crippen molar-refractivity contribution in [2.75, 3.05) is 18.5 Å². The molecule has 70 valence electrons. The Balaban J connectivity index is 2.20. The lowest BCUT2D eigenvalue weighted by Gasteiger charge is -2.09. The minimum atomic E-state index is 0.804. The van der Waals surface area contributed by atoms with Crippen molar-refractivity contribution in [3.63, 3.8) is 0 Å². The van der Waals surface area contributed by atoms with E-state index in [1.807, 2.05) is 6.07 Å². The first-order chi connectivity index (χ1) is 6.42. The van der Waals surface area contributed by atoms with E-state index in [9.17, 15) is 0 Å². The van der Waals surface area contributed by atoms with Gasteiger partial charge in [0.2, 0.25) is 0 Å². The van der Waals surface area contributed by atoms with Crippen molar-refractivity contribution in [3.8, 4) is 5.75 Å². The molecule has 1 aromatic rings. The van der Waals surface area contributed by atoms with E-state index in [0.29, 0.717) is 0 Å². The summed E-state index contributed by atoms with van der Waals surface area (Å²) in [5, 5.41) is 3.35. The van der Waals surface area contributed by atoms with Crippen LogP contribution >= 0.6 is 0 Å². The van der Waals surface area contributed by atoms with Crippen molar-refractivity contribution >= 4 is 5.69 Å². The van der Waals surface area contributed by atoms with Gasteiger partial charge in [0.15, 0.2) is 0 Å². The minimum Gasteiger partial charge on any atom is -0.491 e. The second kappa shape index (κ2) is 3.69. The third-order valence-electron chi connectivity index (χ3n) is 2.27. The van der Waals surface area contributed by atoms with E-state index in [2.05, 4.69) is 24.4 Å². The molecule has 0 atom stereocenters. The van der Waals surface area contributed by atoms with Crippen molar-refractivity contribution in [2.24, 2.45) is 0 Å². The predicted octanol–water partition coefficient (Wildman–Crippen LogP) is 2.44. The van der Waals surface area contributed by atoms with Crippen LogP contribution in [0.1, 0.15) is 18.9 Å². The van der Waals surface area contributed by atoms with Crippen molar-refractivity contribution in [3.05, 3.63) is 23.8 Å². The average Bonchev–Trinajstić information content (AvgIpc) is 2.62. The zero-order chi connectivity index (χ0) is 9.10. The van der Waals surface area contributed by atoms with Gasteiger partial charge in [-0.3, -0.25) is 0 Å². The Hall–Kier alpha value is -1.18. The van der Waals surface area contributed by atoms with Crippen LogP contribution in [0.2, 0.25) is 0 Å². The number of hydrogen-bond acceptors (Lipinski definition) is 2.